The molecule has 0 atom stereocenters. The Hall–Kier alpha value is -1.47. The summed E-state index contributed by atoms with van der Waals surface area (Å²) in [5, 5.41) is 2.62. The molecule has 0 aromatic heterocycles. The van der Waals surface area contributed by atoms with Crippen LogP contribution >= 0.6 is 12.4 Å². The van der Waals surface area contributed by atoms with Crippen molar-refractivity contribution in [2.45, 2.75) is 25.6 Å². The normalized spacial score (nSPS) is 10.7. The van der Waals surface area contributed by atoms with Crippen LogP contribution in [0.2, 0.25) is 0 Å². The maximum Gasteiger partial charge on any atom is 0.422 e. The minimum absolute atomic E-state index is 0. The fraction of sp³-hybridized carbons (Fsp3) is 0.462. The van der Waals surface area contributed by atoms with Crippen molar-refractivity contribution in [1.29, 1.82) is 0 Å². The largest absolute Gasteiger partial charge is 0.484 e. The third kappa shape index (κ3) is 8.41. The number of nitrogens with one attached hydrogen (secondary N) is 1. The number of ether oxygens (including phenoxy) is 1. The number of hydrogen-bond acceptors (Lipinski definition) is 3. The SMILES string of the molecule is Cl.NCCCC(=O)NCc1ccccc1OCC(F)(F)F. The molecule has 8 heteroatoms. The van der Waals surface area contributed by atoms with Crippen molar-refractivity contribution >= 4 is 18.3 Å². The van der Waals surface area contributed by atoms with Crippen LogP contribution < -0.4 is 15.8 Å². The van der Waals surface area contributed by atoms with Crippen LogP contribution in [0.5, 0.6) is 5.75 Å². The molecule has 0 bridgehead atoms. The zero-order chi connectivity index (χ0) is 15.0. The molecule has 0 aliphatic carbocycles. The first kappa shape index (κ1) is 19.5. The first-order valence-electron chi connectivity index (χ1n) is 6.16. The van der Waals surface area contributed by atoms with Gasteiger partial charge in [0.1, 0.15) is 5.75 Å². The summed E-state index contributed by atoms with van der Waals surface area (Å²) >= 11 is 0. The Bertz CT molecular complexity index is 442. The second-order valence-corrected chi connectivity index (χ2v) is 4.18. The average molecular weight is 327 g/mol. The lowest BCUT2D eigenvalue weighted by molar-refractivity contribution is -0.153. The van der Waals surface area contributed by atoms with Crippen molar-refractivity contribution < 1.29 is 22.7 Å². The maximum atomic E-state index is 12.1. The zero-order valence-corrected chi connectivity index (χ0v) is 12.1. The van der Waals surface area contributed by atoms with Gasteiger partial charge in [-0.15, -0.1) is 12.4 Å². The molecule has 1 amide bonds. The Kier molecular flexibility index (Phi) is 8.80. The van der Waals surface area contributed by atoms with E-state index >= 15 is 0 Å². The van der Waals surface area contributed by atoms with Crippen LogP contribution in [0.25, 0.3) is 0 Å². The van der Waals surface area contributed by atoms with E-state index in [0.717, 1.165) is 0 Å². The third-order valence-corrected chi connectivity index (χ3v) is 2.45. The summed E-state index contributed by atoms with van der Waals surface area (Å²) in [6, 6.07) is 6.29. The lowest BCUT2D eigenvalue weighted by Crippen LogP contribution is -2.24. The number of para-hydroxylation sites is 1. The summed E-state index contributed by atoms with van der Waals surface area (Å²) in [6.45, 7) is -0.818. The Balaban J connectivity index is 0.00000400. The van der Waals surface area contributed by atoms with E-state index in [-0.39, 0.29) is 30.6 Å². The van der Waals surface area contributed by atoms with Crippen molar-refractivity contribution in [2.24, 2.45) is 5.73 Å². The molecule has 0 unspecified atom stereocenters. The van der Waals surface area contributed by atoms with Gasteiger partial charge in [0.2, 0.25) is 5.91 Å². The van der Waals surface area contributed by atoms with Crippen LogP contribution in [0.4, 0.5) is 13.2 Å². The summed E-state index contributed by atoms with van der Waals surface area (Å²) in [6.07, 6.45) is -3.53. The molecule has 120 valence electrons. The summed E-state index contributed by atoms with van der Waals surface area (Å²) in [7, 11) is 0. The van der Waals surface area contributed by atoms with Gasteiger partial charge < -0.3 is 15.8 Å². The summed E-state index contributed by atoms with van der Waals surface area (Å²) in [5.41, 5.74) is 5.78. The number of benzene rings is 1. The number of halogens is 4. The van der Waals surface area contributed by atoms with Crippen LogP contribution in [-0.4, -0.2) is 25.2 Å². The average Bonchev–Trinajstić information content (AvgIpc) is 2.40. The molecule has 1 aromatic rings. The van der Waals surface area contributed by atoms with E-state index in [1.807, 2.05) is 0 Å². The Morgan fingerprint density at radius 2 is 1.95 bits per heavy atom. The van der Waals surface area contributed by atoms with E-state index in [2.05, 4.69) is 5.32 Å². The molecule has 21 heavy (non-hydrogen) atoms. The standard InChI is InChI=1S/C13H17F3N2O2.ClH/c14-13(15,16)9-20-11-5-2-1-4-10(11)8-18-12(19)6-3-7-17;/h1-2,4-5H,3,6-9,17H2,(H,18,19);1H. The number of hydrogen-bond donors (Lipinski definition) is 2. The highest BCUT2D eigenvalue weighted by Gasteiger charge is 2.28. The van der Waals surface area contributed by atoms with Crippen molar-refractivity contribution in [2.75, 3.05) is 13.2 Å². The summed E-state index contributed by atoms with van der Waals surface area (Å²) < 4.78 is 41.1. The number of alkyl halides is 3. The molecule has 4 nitrogen and oxygen atoms in total. The number of carbonyl (C=O) groups excluding carboxylic acids is 1. The van der Waals surface area contributed by atoms with E-state index in [9.17, 15) is 18.0 Å². The molecular formula is C13H18ClF3N2O2. The minimum Gasteiger partial charge on any atom is -0.484 e. The van der Waals surface area contributed by atoms with Gasteiger partial charge in [-0.25, -0.2) is 0 Å². The number of nitrogens with two attached hydrogens (primary N) is 1. The van der Waals surface area contributed by atoms with Crippen LogP contribution in [0.15, 0.2) is 24.3 Å². The van der Waals surface area contributed by atoms with Gasteiger partial charge in [-0.3, -0.25) is 4.79 Å². The van der Waals surface area contributed by atoms with E-state index in [0.29, 0.717) is 24.9 Å². The third-order valence-electron chi connectivity index (χ3n) is 2.45. The first-order valence-corrected chi connectivity index (χ1v) is 6.16. The van der Waals surface area contributed by atoms with E-state index < -0.39 is 12.8 Å². The lowest BCUT2D eigenvalue weighted by Gasteiger charge is -2.13. The number of rotatable bonds is 7. The lowest BCUT2D eigenvalue weighted by atomic mass is 10.2. The van der Waals surface area contributed by atoms with Gasteiger partial charge in [-0.2, -0.15) is 13.2 Å². The van der Waals surface area contributed by atoms with Gasteiger partial charge in [-0.05, 0) is 19.0 Å². The van der Waals surface area contributed by atoms with E-state index in [1.165, 1.54) is 6.07 Å². The van der Waals surface area contributed by atoms with Crippen LogP contribution in [0.3, 0.4) is 0 Å². The molecule has 0 saturated carbocycles. The first-order chi connectivity index (χ1) is 9.42. The fourth-order valence-electron chi connectivity index (χ4n) is 1.50. The molecule has 0 radical (unpaired) electrons. The molecule has 1 aromatic carbocycles. The summed E-state index contributed by atoms with van der Waals surface area (Å²) in [4.78, 5) is 11.4. The zero-order valence-electron chi connectivity index (χ0n) is 11.3. The smallest absolute Gasteiger partial charge is 0.422 e. The number of amides is 1. The molecule has 0 saturated heterocycles. The predicted molar refractivity (Wildman–Crippen MR) is 75.4 cm³/mol. The maximum absolute atomic E-state index is 12.1. The van der Waals surface area contributed by atoms with Gasteiger partial charge in [0.15, 0.2) is 6.61 Å². The van der Waals surface area contributed by atoms with E-state index in [1.54, 1.807) is 18.2 Å². The molecule has 1 rings (SSSR count). The second kappa shape index (κ2) is 9.46. The number of carbonyl (C=O) groups is 1. The molecule has 0 aliphatic heterocycles. The van der Waals surface area contributed by atoms with Gasteiger partial charge in [0, 0.05) is 18.5 Å². The Labute approximate surface area is 127 Å². The topological polar surface area (TPSA) is 64.4 Å². The van der Waals surface area contributed by atoms with Crippen molar-refractivity contribution in [3.8, 4) is 5.75 Å². The van der Waals surface area contributed by atoms with Gasteiger partial charge in [0.25, 0.3) is 0 Å². The van der Waals surface area contributed by atoms with Crippen molar-refractivity contribution in [1.82, 2.24) is 5.32 Å². The van der Waals surface area contributed by atoms with Crippen LogP contribution in [0, 0.1) is 0 Å². The highest BCUT2D eigenvalue weighted by molar-refractivity contribution is 5.85. The summed E-state index contributed by atoms with van der Waals surface area (Å²) in [5.74, 6) is -0.0787. The van der Waals surface area contributed by atoms with Gasteiger partial charge >= 0.3 is 6.18 Å². The molecule has 0 aliphatic rings. The quantitative estimate of drug-likeness (QED) is 0.808. The molecule has 3 N–H and O–H groups in total. The molecular weight excluding hydrogens is 309 g/mol. The second-order valence-electron chi connectivity index (χ2n) is 4.18. The van der Waals surface area contributed by atoms with Gasteiger partial charge in [0.05, 0.1) is 0 Å². The van der Waals surface area contributed by atoms with Crippen LogP contribution in [0.1, 0.15) is 18.4 Å². The highest BCUT2D eigenvalue weighted by Crippen LogP contribution is 2.22. The monoisotopic (exact) mass is 326 g/mol. The van der Waals surface area contributed by atoms with Crippen molar-refractivity contribution in [3.05, 3.63) is 29.8 Å². The Morgan fingerprint density at radius 1 is 1.29 bits per heavy atom. The molecule has 0 fully saturated rings. The Morgan fingerprint density at radius 3 is 2.57 bits per heavy atom. The van der Waals surface area contributed by atoms with E-state index in [4.69, 9.17) is 10.5 Å². The van der Waals surface area contributed by atoms with Crippen molar-refractivity contribution in [3.63, 3.8) is 0 Å². The molecule has 0 spiro atoms. The van der Waals surface area contributed by atoms with Crippen LogP contribution in [-0.2, 0) is 11.3 Å². The highest BCUT2D eigenvalue weighted by atomic mass is 35.5. The predicted octanol–water partition coefficient (Wildman–Crippen LogP) is 2.40. The molecule has 0 heterocycles. The fourth-order valence-corrected chi connectivity index (χ4v) is 1.50. The minimum atomic E-state index is -4.39. The van der Waals surface area contributed by atoms with Gasteiger partial charge in [-0.1, -0.05) is 18.2 Å².